The SMILES string of the molecule is C=C1C[C@H](OC(C)=O)C[C@]2(C)C[C@@H](OC(C)=O)[C@@H]([C@@H]3Cc4c(n(C)c(=O)n(C)c4=O)NC3=O)C[C@@H]12. The molecule has 6 atom stereocenters. The summed E-state index contributed by atoms with van der Waals surface area (Å²) >= 11 is 0. The van der Waals surface area contributed by atoms with Gasteiger partial charge in [-0.3, -0.25) is 28.3 Å². The summed E-state index contributed by atoms with van der Waals surface area (Å²) in [5, 5.41) is 2.77. The average Bonchev–Trinajstić information content (AvgIpc) is 2.74. The van der Waals surface area contributed by atoms with Crippen molar-refractivity contribution in [3.8, 4) is 0 Å². The molecule has 1 aliphatic heterocycles. The average molecular weight is 488 g/mol. The number of carbonyl (C=O) groups excluding carboxylic acids is 3. The number of fused-ring (bicyclic) bond motifs is 2. The Kier molecular flexibility index (Phi) is 6.27. The second-order valence-electron chi connectivity index (χ2n) is 10.6. The van der Waals surface area contributed by atoms with E-state index in [4.69, 9.17) is 9.47 Å². The third-order valence-corrected chi connectivity index (χ3v) is 8.10. The molecule has 1 aromatic rings. The Morgan fingerprint density at radius 3 is 2.31 bits per heavy atom. The van der Waals surface area contributed by atoms with Gasteiger partial charge in [0.05, 0.1) is 5.56 Å². The first kappa shape index (κ1) is 24.9. The second-order valence-corrected chi connectivity index (χ2v) is 10.6. The van der Waals surface area contributed by atoms with Crippen LogP contribution in [0.15, 0.2) is 21.7 Å². The highest BCUT2D eigenvalue weighted by Crippen LogP contribution is 2.56. The molecule has 0 bridgehead atoms. The quantitative estimate of drug-likeness (QED) is 0.505. The highest BCUT2D eigenvalue weighted by molar-refractivity contribution is 5.95. The Hall–Kier alpha value is -3.17. The van der Waals surface area contributed by atoms with Crippen molar-refractivity contribution in [2.45, 2.75) is 65.1 Å². The topological polar surface area (TPSA) is 126 Å². The minimum atomic E-state index is -0.611. The van der Waals surface area contributed by atoms with Crippen LogP contribution in [0.1, 0.15) is 52.0 Å². The molecular formula is C25H33N3O7. The Bertz CT molecular complexity index is 1230. The fourth-order valence-electron chi connectivity index (χ4n) is 6.58. The normalized spacial score (nSPS) is 32.2. The molecule has 0 spiro atoms. The highest BCUT2D eigenvalue weighted by atomic mass is 16.5. The Balaban J connectivity index is 1.69. The second kappa shape index (κ2) is 8.80. The lowest BCUT2D eigenvalue weighted by Gasteiger charge is -2.54. The largest absolute Gasteiger partial charge is 0.462 e. The summed E-state index contributed by atoms with van der Waals surface area (Å²) in [6.45, 7) is 9.09. The molecule has 1 amide bonds. The Labute approximate surface area is 203 Å². The number of hydrogen-bond acceptors (Lipinski definition) is 7. The number of nitrogens with one attached hydrogen (secondary N) is 1. The van der Waals surface area contributed by atoms with Crippen LogP contribution in [0.5, 0.6) is 0 Å². The minimum absolute atomic E-state index is 0.0447. The molecule has 2 heterocycles. The van der Waals surface area contributed by atoms with E-state index in [1.54, 1.807) is 0 Å². The van der Waals surface area contributed by atoms with Gasteiger partial charge in [0.1, 0.15) is 18.0 Å². The Morgan fingerprint density at radius 2 is 1.69 bits per heavy atom. The highest BCUT2D eigenvalue weighted by Gasteiger charge is 2.54. The van der Waals surface area contributed by atoms with Gasteiger partial charge in [-0.15, -0.1) is 0 Å². The van der Waals surface area contributed by atoms with E-state index in [0.29, 0.717) is 31.2 Å². The molecule has 0 saturated heterocycles. The van der Waals surface area contributed by atoms with Crippen molar-refractivity contribution in [3.63, 3.8) is 0 Å². The molecule has 10 heteroatoms. The van der Waals surface area contributed by atoms with E-state index in [1.807, 2.05) is 0 Å². The van der Waals surface area contributed by atoms with Gasteiger partial charge in [-0.05, 0) is 37.0 Å². The minimum Gasteiger partial charge on any atom is -0.462 e. The molecule has 2 fully saturated rings. The molecule has 3 aliphatic rings. The molecular weight excluding hydrogens is 454 g/mol. The number of nitrogens with zero attached hydrogens (tertiary/aromatic N) is 2. The van der Waals surface area contributed by atoms with Gasteiger partial charge in [-0.25, -0.2) is 4.79 Å². The fourth-order valence-corrected chi connectivity index (χ4v) is 6.58. The third-order valence-electron chi connectivity index (χ3n) is 8.10. The number of rotatable bonds is 3. The summed E-state index contributed by atoms with van der Waals surface area (Å²) in [5.41, 5.74) is 0.0381. The van der Waals surface area contributed by atoms with Crippen molar-refractivity contribution < 1.29 is 23.9 Å². The summed E-state index contributed by atoms with van der Waals surface area (Å²) in [6, 6.07) is 0. The van der Waals surface area contributed by atoms with E-state index in [0.717, 1.165) is 10.1 Å². The number of carbonyl (C=O) groups is 3. The molecule has 0 unspecified atom stereocenters. The molecule has 0 aromatic carbocycles. The van der Waals surface area contributed by atoms with E-state index in [9.17, 15) is 24.0 Å². The van der Waals surface area contributed by atoms with Crippen molar-refractivity contribution in [2.75, 3.05) is 5.32 Å². The monoisotopic (exact) mass is 487 g/mol. The van der Waals surface area contributed by atoms with Crippen LogP contribution in [-0.4, -0.2) is 39.2 Å². The van der Waals surface area contributed by atoms with Crippen molar-refractivity contribution in [2.24, 2.45) is 37.3 Å². The summed E-state index contributed by atoms with van der Waals surface area (Å²) in [4.78, 5) is 62.1. The summed E-state index contributed by atoms with van der Waals surface area (Å²) in [6.07, 6.45) is 1.52. The van der Waals surface area contributed by atoms with Gasteiger partial charge >= 0.3 is 17.6 Å². The maximum Gasteiger partial charge on any atom is 0.332 e. The van der Waals surface area contributed by atoms with Crippen molar-refractivity contribution >= 4 is 23.7 Å². The molecule has 2 saturated carbocycles. The zero-order valence-corrected chi connectivity index (χ0v) is 20.9. The van der Waals surface area contributed by atoms with Gasteiger partial charge in [-0.2, -0.15) is 0 Å². The summed E-state index contributed by atoms with van der Waals surface area (Å²) in [5.74, 6) is -1.77. The smallest absolute Gasteiger partial charge is 0.332 e. The number of ether oxygens (including phenoxy) is 2. The molecule has 4 rings (SSSR count). The molecule has 10 nitrogen and oxygen atoms in total. The molecule has 1 N–H and O–H groups in total. The van der Waals surface area contributed by atoms with Crippen LogP contribution in [0.2, 0.25) is 0 Å². The zero-order chi connectivity index (χ0) is 25.8. The van der Waals surface area contributed by atoms with E-state index >= 15 is 0 Å². The predicted molar refractivity (Wildman–Crippen MR) is 127 cm³/mol. The van der Waals surface area contributed by atoms with Gasteiger partial charge in [0.25, 0.3) is 5.56 Å². The molecule has 1 aromatic heterocycles. The first-order valence-corrected chi connectivity index (χ1v) is 11.9. The van der Waals surface area contributed by atoms with E-state index in [2.05, 4.69) is 18.8 Å². The maximum absolute atomic E-state index is 13.3. The van der Waals surface area contributed by atoms with Gasteiger partial charge in [0.2, 0.25) is 5.91 Å². The van der Waals surface area contributed by atoms with Crippen LogP contribution in [0.25, 0.3) is 0 Å². The lowest BCUT2D eigenvalue weighted by molar-refractivity contribution is -0.165. The van der Waals surface area contributed by atoms with Crippen LogP contribution in [-0.2, 0) is 44.4 Å². The van der Waals surface area contributed by atoms with Crippen LogP contribution in [0.3, 0.4) is 0 Å². The fraction of sp³-hybridized carbons (Fsp3) is 0.640. The van der Waals surface area contributed by atoms with Crippen LogP contribution in [0, 0.1) is 23.2 Å². The van der Waals surface area contributed by atoms with Crippen LogP contribution < -0.4 is 16.6 Å². The summed E-state index contributed by atoms with van der Waals surface area (Å²) in [7, 11) is 2.93. The first-order valence-electron chi connectivity index (χ1n) is 11.9. The van der Waals surface area contributed by atoms with Gasteiger partial charge < -0.3 is 14.8 Å². The summed E-state index contributed by atoms with van der Waals surface area (Å²) < 4.78 is 13.6. The van der Waals surface area contributed by atoms with Crippen molar-refractivity contribution in [1.29, 1.82) is 0 Å². The van der Waals surface area contributed by atoms with E-state index in [1.165, 1.54) is 32.5 Å². The Morgan fingerprint density at radius 1 is 1.03 bits per heavy atom. The molecule has 35 heavy (non-hydrogen) atoms. The van der Waals surface area contributed by atoms with Gasteiger partial charge in [0.15, 0.2) is 0 Å². The van der Waals surface area contributed by atoms with Crippen molar-refractivity contribution in [1.82, 2.24) is 9.13 Å². The van der Waals surface area contributed by atoms with Crippen LogP contribution >= 0.6 is 0 Å². The maximum atomic E-state index is 13.3. The van der Waals surface area contributed by atoms with E-state index in [-0.39, 0.29) is 47.5 Å². The number of anilines is 1. The van der Waals surface area contributed by atoms with Crippen molar-refractivity contribution in [3.05, 3.63) is 38.6 Å². The number of amides is 1. The lowest BCUT2D eigenvalue weighted by atomic mass is 9.53. The number of hydrogen-bond donors (Lipinski definition) is 1. The van der Waals surface area contributed by atoms with Gasteiger partial charge in [-0.1, -0.05) is 19.1 Å². The van der Waals surface area contributed by atoms with Crippen LogP contribution in [0.4, 0.5) is 5.82 Å². The van der Waals surface area contributed by atoms with E-state index < -0.39 is 29.2 Å². The van der Waals surface area contributed by atoms with Gasteiger partial charge in [0, 0.05) is 46.2 Å². The zero-order valence-electron chi connectivity index (χ0n) is 20.9. The number of esters is 2. The first-order chi connectivity index (χ1) is 16.3. The standard InChI is InChI=1S/C25H33N3O7/c1-12-7-15(34-13(2)29)10-25(4)11-20(35-14(3)30)16(9-19(12)25)17-8-18-21(26-22(17)31)27(5)24(33)28(6)23(18)32/h15-17,19-20H,1,7-11H2,2-6H3,(H,26,31)/t15-,16+,17-,19-,20+,25+/m0/s1. The third kappa shape index (κ3) is 4.34. The molecule has 2 aliphatic carbocycles. The number of aromatic nitrogens is 2. The molecule has 190 valence electrons. The molecule has 0 radical (unpaired) electrons. The predicted octanol–water partition coefficient (Wildman–Crippen LogP) is 1.44. The lowest BCUT2D eigenvalue weighted by Crippen LogP contribution is -2.54.